The normalized spacial score (nSPS) is 13.2. The summed E-state index contributed by atoms with van der Waals surface area (Å²) in [6.45, 7) is 3.60. The second-order valence-electron chi connectivity index (χ2n) is 2.17. The van der Waals surface area contributed by atoms with Gasteiger partial charge in [-0.2, -0.15) is 0 Å². The SMILES string of the molecule is CC[C@H](CC(C)=O)OC. The van der Waals surface area contributed by atoms with Crippen LogP contribution in [0.2, 0.25) is 0 Å². The number of carbonyl (C=O) groups excluding carboxylic acids is 1. The quantitative estimate of drug-likeness (QED) is 0.574. The van der Waals surface area contributed by atoms with E-state index in [1.54, 1.807) is 14.0 Å². The molecule has 0 rings (SSSR count). The Labute approximate surface area is 56.2 Å². The van der Waals surface area contributed by atoms with Gasteiger partial charge >= 0.3 is 0 Å². The third-order valence-electron chi connectivity index (χ3n) is 1.30. The Kier molecular flexibility index (Phi) is 4.32. The molecule has 0 fully saturated rings. The summed E-state index contributed by atoms with van der Waals surface area (Å²) in [6, 6.07) is 0. The minimum Gasteiger partial charge on any atom is -0.381 e. The van der Waals surface area contributed by atoms with Crippen molar-refractivity contribution in [2.45, 2.75) is 32.8 Å². The van der Waals surface area contributed by atoms with Gasteiger partial charge in [0.15, 0.2) is 0 Å². The molecule has 0 radical (unpaired) electrons. The molecule has 2 nitrogen and oxygen atoms in total. The van der Waals surface area contributed by atoms with E-state index >= 15 is 0 Å². The molecule has 0 saturated carbocycles. The monoisotopic (exact) mass is 130 g/mol. The molecular formula is C7H14O2. The van der Waals surface area contributed by atoms with Crippen LogP contribution in [-0.2, 0) is 9.53 Å². The zero-order valence-corrected chi connectivity index (χ0v) is 6.31. The predicted octanol–water partition coefficient (Wildman–Crippen LogP) is 1.39. The summed E-state index contributed by atoms with van der Waals surface area (Å²) in [5, 5.41) is 0. The average Bonchev–Trinajstić information content (AvgIpc) is 1.82. The minimum atomic E-state index is 0.127. The first kappa shape index (κ1) is 8.63. The number of hydrogen-bond donors (Lipinski definition) is 0. The fourth-order valence-corrected chi connectivity index (χ4v) is 0.715. The molecule has 0 aliphatic rings. The van der Waals surface area contributed by atoms with Gasteiger partial charge < -0.3 is 4.74 Å². The van der Waals surface area contributed by atoms with Crippen LogP contribution in [0.25, 0.3) is 0 Å². The maximum Gasteiger partial charge on any atom is 0.132 e. The van der Waals surface area contributed by atoms with Crippen LogP contribution in [0, 0.1) is 0 Å². The summed E-state index contributed by atoms with van der Waals surface area (Å²) < 4.78 is 4.99. The molecule has 9 heavy (non-hydrogen) atoms. The average molecular weight is 130 g/mol. The fourth-order valence-electron chi connectivity index (χ4n) is 0.715. The molecule has 0 spiro atoms. The van der Waals surface area contributed by atoms with Gasteiger partial charge in [-0.15, -0.1) is 0 Å². The zero-order valence-electron chi connectivity index (χ0n) is 6.31. The van der Waals surface area contributed by atoms with Crippen LogP contribution in [0.3, 0.4) is 0 Å². The summed E-state index contributed by atoms with van der Waals surface area (Å²) in [5.41, 5.74) is 0. The van der Waals surface area contributed by atoms with E-state index < -0.39 is 0 Å². The topological polar surface area (TPSA) is 26.3 Å². The smallest absolute Gasteiger partial charge is 0.132 e. The Bertz CT molecular complexity index is 84.9. The van der Waals surface area contributed by atoms with E-state index in [1.165, 1.54) is 0 Å². The zero-order chi connectivity index (χ0) is 7.28. The molecule has 0 aliphatic carbocycles. The molecule has 1 atom stereocenters. The summed E-state index contributed by atoms with van der Waals surface area (Å²) in [4.78, 5) is 10.5. The van der Waals surface area contributed by atoms with Crippen LogP contribution < -0.4 is 0 Å². The molecule has 0 aliphatic heterocycles. The lowest BCUT2D eigenvalue weighted by atomic mass is 10.1. The molecule has 2 heteroatoms. The largest absolute Gasteiger partial charge is 0.381 e. The van der Waals surface area contributed by atoms with E-state index in [0.717, 1.165) is 6.42 Å². The number of ketones is 1. The number of Topliss-reactive ketones (excluding diaryl/α,β-unsaturated/α-hetero) is 1. The molecule has 0 unspecified atom stereocenters. The maximum absolute atomic E-state index is 10.5. The van der Waals surface area contributed by atoms with E-state index in [4.69, 9.17) is 4.74 Å². The second kappa shape index (κ2) is 4.50. The number of rotatable bonds is 4. The molecule has 0 N–H and O–H groups in total. The Hall–Kier alpha value is -0.370. The molecule has 0 heterocycles. The lowest BCUT2D eigenvalue weighted by Crippen LogP contribution is -2.12. The highest BCUT2D eigenvalue weighted by Crippen LogP contribution is 2.01. The molecule has 0 aromatic rings. The molecule has 0 saturated heterocycles. The summed E-state index contributed by atoms with van der Waals surface area (Å²) in [5.74, 6) is 0.198. The van der Waals surface area contributed by atoms with Crippen molar-refractivity contribution in [3.8, 4) is 0 Å². The summed E-state index contributed by atoms with van der Waals surface area (Å²) >= 11 is 0. The Morgan fingerprint density at radius 2 is 2.22 bits per heavy atom. The predicted molar refractivity (Wildman–Crippen MR) is 36.4 cm³/mol. The first-order valence-corrected chi connectivity index (χ1v) is 3.23. The van der Waals surface area contributed by atoms with Gasteiger partial charge in [-0.3, -0.25) is 4.79 Å². The number of methoxy groups -OCH3 is 1. The Morgan fingerprint density at radius 3 is 2.33 bits per heavy atom. The van der Waals surface area contributed by atoms with Crippen molar-refractivity contribution in [3.05, 3.63) is 0 Å². The van der Waals surface area contributed by atoms with Crippen LogP contribution in [0.15, 0.2) is 0 Å². The molecular weight excluding hydrogens is 116 g/mol. The molecule has 0 bridgehead atoms. The van der Waals surface area contributed by atoms with Crippen LogP contribution in [-0.4, -0.2) is 19.0 Å². The van der Waals surface area contributed by atoms with Crippen molar-refractivity contribution in [1.82, 2.24) is 0 Å². The van der Waals surface area contributed by atoms with Gasteiger partial charge in [-0.05, 0) is 13.3 Å². The second-order valence-corrected chi connectivity index (χ2v) is 2.17. The lowest BCUT2D eigenvalue weighted by molar-refractivity contribution is -0.119. The van der Waals surface area contributed by atoms with Crippen molar-refractivity contribution in [2.75, 3.05) is 7.11 Å². The molecule has 0 aromatic carbocycles. The number of ether oxygens (including phenoxy) is 1. The van der Waals surface area contributed by atoms with Gasteiger partial charge in [0.05, 0.1) is 6.10 Å². The first-order valence-electron chi connectivity index (χ1n) is 3.23. The molecule has 0 amide bonds. The highest BCUT2D eigenvalue weighted by atomic mass is 16.5. The van der Waals surface area contributed by atoms with Crippen LogP contribution in [0.1, 0.15) is 26.7 Å². The lowest BCUT2D eigenvalue weighted by Gasteiger charge is -2.08. The van der Waals surface area contributed by atoms with Crippen LogP contribution in [0.4, 0.5) is 0 Å². The first-order chi connectivity index (χ1) is 4.20. The van der Waals surface area contributed by atoms with Gasteiger partial charge in [0.25, 0.3) is 0 Å². The molecule has 54 valence electrons. The maximum atomic E-state index is 10.5. The van der Waals surface area contributed by atoms with Crippen molar-refractivity contribution >= 4 is 5.78 Å². The Balaban J connectivity index is 3.43. The van der Waals surface area contributed by atoms with Crippen LogP contribution in [0.5, 0.6) is 0 Å². The van der Waals surface area contributed by atoms with Gasteiger partial charge in [0.1, 0.15) is 5.78 Å². The summed E-state index contributed by atoms with van der Waals surface area (Å²) in [7, 11) is 1.64. The Morgan fingerprint density at radius 1 is 1.67 bits per heavy atom. The fraction of sp³-hybridized carbons (Fsp3) is 0.857. The van der Waals surface area contributed by atoms with E-state index in [-0.39, 0.29) is 11.9 Å². The van der Waals surface area contributed by atoms with Gasteiger partial charge in [0.2, 0.25) is 0 Å². The third kappa shape index (κ3) is 4.15. The molecule has 0 aromatic heterocycles. The highest BCUT2D eigenvalue weighted by Gasteiger charge is 2.05. The number of hydrogen-bond acceptors (Lipinski definition) is 2. The van der Waals surface area contributed by atoms with E-state index in [2.05, 4.69) is 0 Å². The van der Waals surface area contributed by atoms with E-state index in [9.17, 15) is 4.79 Å². The van der Waals surface area contributed by atoms with Gasteiger partial charge in [-0.25, -0.2) is 0 Å². The van der Waals surface area contributed by atoms with Crippen molar-refractivity contribution in [2.24, 2.45) is 0 Å². The van der Waals surface area contributed by atoms with Crippen LogP contribution >= 0.6 is 0 Å². The standard InChI is InChI=1S/C7H14O2/c1-4-7(9-3)5-6(2)8/h7H,4-5H2,1-3H3/t7-/m1/s1. The summed E-state index contributed by atoms with van der Waals surface area (Å²) in [6.07, 6.45) is 1.59. The number of carbonyl (C=O) groups is 1. The van der Waals surface area contributed by atoms with Crippen molar-refractivity contribution in [1.29, 1.82) is 0 Å². The van der Waals surface area contributed by atoms with Gasteiger partial charge in [-0.1, -0.05) is 6.92 Å². The highest BCUT2D eigenvalue weighted by molar-refractivity contribution is 5.75. The third-order valence-corrected chi connectivity index (χ3v) is 1.30. The van der Waals surface area contributed by atoms with Gasteiger partial charge in [0, 0.05) is 13.5 Å². The van der Waals surface area contributed by atoms with Crippen molar-refractivity contribution < 1.29 is 9.53 Å². The minimum absolute atomic E-state index is 0.127. The van der Waals surface area contributed by atoms with E-state index in [1.807, 2.05) is 6.92 Å². The van der Waals surface area contributed by atoms with Crippen molar-refractivity contribution in [3.63, 3.8) is 0 Å². The van der Waals surface area contributed by atoms with E-state index in [0.29, 0.717) is 6.42 Å².